The van der Waals surface area contributed by atoms with E-state index in [1.807, 2.05) is 6.20 Å². The van der Waals surface area contributed by atoms with E-state index in [2.05, 4.69) is 21.4 Å². The van der Waals surface area contributed by atoms with E-state index in [1.165, 1.54) is 19.5 Å². The Morgan fingerprint density at radius 2 is 2.41 bits per heavy atom. The van der Waals surface area contributed by atoms with E-state index < -0.39 is 0 Å². The second kappa shape index (κ2) is 4.45. The van der Waals surface area contributed by atoms with Crippen molar-refractivity contribution < 1.29 is 4.74 Å². The fourth-order valence-electron chi connectivity index (χ4n) is 2.87. The van der Waals surface area contributed by atoms with Crippen molar-refractivity contribution in [2.45, 2.75) is 12.3 Å². The van der Waals surface area contributed by atoms with Crippen LogP contribution in [-0.2, 0) is 0 Å². The predicted octanol–water partition coefficient (Wildman–Crippen LogP) is 1.46. The molecule has 1 aromatic heterocycles. The Kier molecular flexibility index (Phi) is 2.81. The van der Waals surface area contributed by atoms with Gasteiger partial charge in [-0.2, -0.15) is 0 Å². The van der Waals surface area contributed by atoms with Gasteiger partial charge >= 0.3 is 0 Å². The Hall–Kier alpha value is -1.42. The summed E-state index contributed by atoms with van der Waals surface area (Å²) in [6.45, 7) is 7.72. The van der Waals surface area contributed by atoms with Gasteiger partial charge < -0.3 is 9.64 Å². The number of hydrogen-bond donors (Lipinski definition) is 0. The normalized spacial score (nSPS) is 30.5. The molecule has 3 heterocycles. The van der Waals surface area contributed by atoms with Gasteiger partial charge in [-0.05, 0) is 18.9 Å². The van der Waals surface area contributed by atoms with Crippen molar-refractivity contribution in [2.24, 2.45) is 5.92 Å². The number of rotatable bonds is 4. The molecule has 17 heavy (non-hydrogen) atoms. The van der Waals surface area contributed by atoms with Gasteiger partial charge in [-0.3, -0.25) is 4.98 Å². The van der Waals surface area contributed by atoms with Gasteiger partial charge in [0.2, 0.25) is 5.88 Å². The summed E-state index contributed by atoms with van der Waals surface area (Å²) in [6, 6.07) is 0. The highest BCUT2D eigenvalue weighted by Crippen LogP contribution is 2.38. The Morgan fingerprint density at radius 1 is 1.47 bits per heavy atom. The smallest absolute Gasteiger partial charge is 0.232 e. The molecule has 0 radical (unpaired) electrons. The number of hydrogen-bond acceptors (Lipinski definition) is 4. The summed E-state index contributed by atoms with van der Waals surface area (Å²) in [5.41, 5.74) is 1.08. The third-order valence-electron chi connectivity index (χ3n) is 3.69. The van der Waals surface area contributed by atoms with Crippen molar-refractivity contribution in [3.8, 4) is 5.88 Å². The summed E-state index contributed by atoms with van der Waals surface area (Å²) in [5.74, 6) is 1.92. The quantitative estimate of drug-likeness (QED) is 0.735. The van der Waals surface area contributed by atoms with Crippen LogP contribution in [0.2, 0.25) is 0 Å². The summed E-state index contributed by atoms with van der Waals surface area (Å²) < 4.78 is 5.43. The molecular weight excluding hydrogens is 214 g/mol. The second-order valence-corrected chi connectivity index (χ2v) is 4.80. The Morgan fingerprint density at radius 3 is 3.12 bits per heavy atom. The van der Waals surface area contributed by atoms with E-state index in [0.29, 0.717) is 18.4 Å². The molecule has 1 aromatic rings. The van der Waals surface area contributed by atoms with E-state index in [0.717, 1.165) is 18.2 Å². The average molecular weight is 231 g/mol. The van der Waals surface area contributed by atoms with Crippen molar-refractivity contribution in [2.75, 3.05) is 26.2 Å². The van der Waals surface area contributed by atoms with Crippen LogP contribution in [0.5, 0.6) is 5.88 Å². The summed E-state index contributed by atoms with van der Waals surface area (Å²) in [5, 5.41) is 0. The van der Waals surface area contributed by atoms with Crippen LogP contribution in [0.1, 0.15) is 18.0 Å². The first-order valence-electron chi connectivity index (χ1n) is 6.15. The van der Waals surface area contributed by atoms with Crippen molar-refractivity contribution in [3.05, 3.63) is 30.7 Å². The van der Waals surface area contributed by atoms with E-state index in [4.69, 9.17) is 4.74 Å². The lowest BCUT2D eigenvalue weighted by Gasteiger charge is -2.21. The number of aromatic nitrogens is 2. The fraction of sp³-hybridized carbons (Fsp3) is 0.538. The third kappa shape index (κ3) is 2.05. The SMILES string of the molecule is C=CCOc1cncc([C@H]2CN3CCC2C3)n1. The Bertz CT molecular complexity index is 421. The van der Waals surface area contributed by atoms with Gasteiger partial charge in [0.25, 0.3) is 0 Å². The van der Waals surface area contributed by atoms with Gasteiger partial charge in [-0.25, -0.2) is 4.98 Å². The second-order valence-electron chi connectivity index (χ2n) is 4.80. The van der Waals surface area contributed by atoms with Crippen molar-refractivity contribution in [1.82, 2.24) is 14.9 Å². The minimum Gasteiger partial charge on any atom is -0.472 e. The first-order chi connectivity index (χ1) is 8.36. The highest BCUT2D eigenvalue weighted by Gasteiger charge is 2.39. The van der Waals surface area contributed by atoms with E-state index in [9.17, 15) is 0 Å². The van der Waals surface area contributed by atoms with E-state index >= 15 is 0 Å². The zero-order chi connectivity index (χ0) is 11.7. The average Bonchev–Trinajstić information content (AvgIpc) is 2.99. The van der Waals surface area contributed by atoms with Crippen LogP contribution in [0, 0.1) is 5.92 Å². The summed E-state index contributed by atoms with van der Waals surface area (Å²) in [4.78, 5) is 11.3. The van der Waals surface area contributed by atoms with Crippen LogP contribution in [0.4, 0.5) is 0 Å². The molecular formula is C13H17N3O. The zero-order valence-electron chi connectivity index (χ0n) is 9.88. The lowest BCUT2D eigenvalue weighted by molar-refractivity contribution is 0.330. The largest absolute Gasteiger partial charge is 0.472 e. The number of piperidine rings is 1. The van der Waals surface area contributed by atoms with Crippen LogP contribution in [0.15, 0.2) is 25.0 Å². The van der Waals surface area contributed by atoms with Gasteiger partial charge in [0.1, 0.15) is 6.61 Å². The van der Waals surface area contributed by atoms with Gasteiger partial charge in [-0.15, -0.1) is 0 Å². The highest BCUT2D eigenvalue weighted by molar-refractivity contribution is 5.17. The van der Waals surface area contributed by atoms with Crippen LogP contribution in [-0.4, -0.2) is 41.1 Å². The number of nitrogens with zero attached hydrogens (tertiary/aromatic N) is 3. The van der Waals surface area contributed by atoms with Crippen molar-refractivity contribution >= 4 is 0 Å². The minimum atomic E-state index is 0.484. The molecule has 0 N–H and O–H groups in total. The molecule has 2 fully saturated rings. The molecule has 2 saturated heterocycles. The molecule has 90 valence electrons. The van der Waals surface area contributed by atoms with Crippen molar-refractivity contribution in [3.63, 3.8) is 0 Å². The number of ether oxygens (including phenoxy) is 1. The monoisotopic (exact) mass is 231 g/mol. The molecule has 3 atom stereocenters. The molecule has 0 aromatic carbocycles. The standard InChI is InChI=1S/C13H17N3O/c1-2-5-17-13-7-14-6-12(15-13)11-9-16-4-3-10(11)8-16/h2,6-7,10-11H,1,3-5,8-9H2/t10?,11-/m0/s1. The molecule has 0 aliphatic carbocycles. The van der Waals surface area contributed by atoms with Crippen LogP contribution in [0.3, 0.4) is 0 Å². The third-order valence-corrected chi connectivity index (χ3v) is 3.69. The summed E-state index contributed by atoms with van der Waals surface area (Å²) in [6.07, 6.45) is 6.56. The maximum Gasteiger partial charge on any atom is 0.232 e. The van der Waals surface area contributed by atoms with Gasteiger partial charge in [-0.1, -0.05) is 12.7 Å². The molecule has 0 spiro atoms. The molecule has 2 unspecified atom stereocenters. The molecule has 4 heteroatoms. The molecule has 0 amide bonds. The Labute approximate surface area is 101 Å². The molecule has 2 aliphatic rings. The fourth-order valence-corrected chi connectivity index (χ4v) is 2.87. The molecule has 4 nitrogen and oxygen atoms in total. The van der Waals surface area contributed by atoms with Crippen LogP contribution < -0.4 is 4.74 Å². The van der Waals surface area contributed by atoms with Crippen LogP contribution in [0.25, 0.3) is 0 Å². The minimum absolute atomic E-state index is 0.484. The first kappa shape index (κ1) is 10.7. The van der Waals surface area contributed by atoms with E-state index in [-0.39, 0.29) is 0 Å². The zero-order valence-corrected chi connectivity index (χ0v) is 9.88. The summed E-state index contributed by atoms with van der Waals surface area (Å²) in [7, 11) is 0. The maximum atomic E-state index is 5.43. The maximum absolute atomic E-state index is 5.43. The topological polar surface area (TPSA) is 38.2 Å². The molecule has 2 bridgehead atoms. The lowest BCUT2D eigenvalue weighted by atomic mass is 9.90. The number of fused-ring (bicyclic) bond motifs is 2. The summed E-state index contributed by atoms with van der Waals surface area (Å²) >= 11 is 0. The lowest BCUT2D eigenvalue weighted by Crippen LogP contribution is -2.22. The van der Waals surface area contributed by atoms with Gasteiger partial charge in [0.05, 0.1) is 11.9 Å². The first-order valence-corrected chi connectivity index (χ1v) is 6.15. The van der Waals surface area contributed by atoms with E-state index in [1.54, 1.807) is 12.3 Å². The van der Waals surface area contributed by atoms with Gasteiger partial charge in [0, 0.05) is 25.2 Å². The molecule has 0 saturated carbocycles. The van der Waals surface area contributed by atoms with Crippen molar-refractivity contribution in [1.29, 1.82) is 0 Å². The molecule has 2 aliphatic heterocycles. The molecule has 3 rings (SSSR count). The highest BCUT2D eigenvalue weighted by atomic mass is 16.5. The predicted molar refractivity (Wildman–Crippen MR) is 65.0 cm³/mol. The van der Waals surface area contributed by atoms with Gasteiger partial charge in [0.15, 0.2) is 0 Å². The Balaban J connectivity index is 1.76. The van der Waals surface area contributed by atoms with Crippen LogP contribution >= 0.6 is 0 Å².